The third kappa shape index (κ3) is 5.95. The third-order valence-electron chi connectivity index (χ3n) is 10.9. The van der Waals surface area contributed by atoms with E-state index < -0.39 is 0 Å². The highest BCUT2D eigenvalue weighted by molar-refractivity contribution is 7.25. The Bertz CT molecular complexity index is 3120. The molecule has 2 nitrogen and oxygen atoms in total. The van der Waals surface area contributed by atoms with E-state index in [-0.39, 0.29) is 0 Å². The molecule has 1 aliphatic carbocycles. The van der Waals surface area contributed by atoms with Crippen LogP contribution in [-0.4, -0.2) is 9.97 Å². The number of rotatable bonds is 6. The van der Waals surface area contributed by atoms with Crippen LogP contribution in [0.15, 0.2) is 176 Å². The van der Waals surface area contributed by atoms with Crippen molar-refractivity contribution >= 4 is 59.0 Å². The van der Waals surface area contributed by atoms with E-state index in [0.717, 1.165) is 46.5 Å². The minimum Gasteiger partial charge on any atom is -0.228 e. The number of fused-ring (bicyclic) bond motifs is 6. The number of hydrogen-bond acceptors (Lipinski definition) is 4. The van der Waals surface area contributed by atoms with E-state index in [1.54, 1.807) is 0 Å². The monoisotopic (exact) mass is 750 g/mol. The molecule has 264 valence electrons. The van der Waals surface area contributed by atoms with Gasteiger partial charge in [0.2, 0.25) is 0 Å². The molecule has 3 heterocycles. The van der Waals surface area contributed by atoms with Gasteiger partial charge in [0.25, 0.3) is 0 Å². The van der Waals surface area contributed by atoms with Gasteiger partial charge in [-0.25, -0.2) is 9.97 Å². The lowest BCUT2D eigenvalue weighted by Crippen LogP contribution is -1.96. The normalized spacial score (nSPS) is 12.4. The lowest BCUT2D eigenvalue weighted by atomic mass is 9.93. The number of hydrogen-bond donors (Lipinski definition) is 0. The second-order valence-corrected chi connectivity index (χ2v) is 16.7. The molecular formula is C52H34N2S2. The van der Waals surface area contributed by atoms with E-state index >= 15 is 0 Å². The molecule has 11 rings (SSSR count). The molecule has 0 N–H and O–H groups in total. The standard InChI is InChI=1S/C52H34N2S2/c1-3-11-33(12-4-1)34-19-21-35(22-20-34)46-32-47(54-52(53-46)36-13-5-2-6-14-36)41-28-39(37-23-25-50-44(30-37)42-15-7-9-17-48(42)55-50)27-40(29-41)38-24-26-51-45(31-38)43-16-8-10-18-49(43)56-51/h1-9,11-17,19-32H,10,18H2. The number of aromatic nitrogens is 2. The van der Waals surface area contributed by atoms with Crippen molar-refractivity contribution in [2.75, 3.05) is 0 Å². The quantitative estimate of drug-likeness (QED) is 0.169. The Balaban J connectivity index is 1.11. The summed E-state index contributed by atoms with van der Waals surface area (Å²) in [5.41, 5.74) is 13.4. The number of aryl methyl sites for hydroxylation is 1. The van der Waals surface area contributed by atoms with Crippen LogP contribution < -0.4 is 0 Å². The molecule has 0 atom stereocenters. The number of thiophene rings is 2. The molecule has 0 amide bonds. The second-order valence-electron chi connectivity index (χ2n) is 14.5. The van der Waals surface area contributed by atoms with Crippen LogP contribution in [0.25, 0.3) is 104 Å². The van der Waals surface area contributed by atoms with E-state index in [9.17, 15) is 0 Å². The summed E-state index contributed by atoms with van der Waals surface area (Å²) < 4.78 is 3.97. The Kier molecular flexibility index (Phi) is 8.05. The van der Waals surface area contributed by atoms with E-state index in [4.69, 9.17) is 9.97 Å². The molecule has 0 bridgehead atoms. The molecule has 10 aromatic rings. The SMILES string of the molecule is C1=Cc2c(sc3ccc(-c4cc(-c5ccc6sc7ccccc7c6c5)cc(-c5cc(-c6ccc(-c7ccccc7)cc6)nc(-c6ccccc6)n5)c4)cc23)CC1. The lowest BCUT2D eigenvalue weighted by Gasteiger charge is -2.14. The van der Waals surface area contributed by atoms with E-state index in [0.29, 0.717) is 5.82 Å². The fourth-order valence-electron chi connectivity index (χ4n) is 8.07. The zero-order valence-corrected chi connectivity index (χ0v) is 32.1. The van der Waals surface area contributed by atoms with Crippen molar-refractivity contribution in [2.45, 2.75) is 12.8 Å². The van der Waals surface area contributed by atoms with E-state index in [1.165, 1.54) is 68.5 Å². The Labute approximate surface area is 333 Å². The van der Waals surface area contributed by atoms with Gasteiger partial charge in [-0.3, -0.25) is 0 Å². The molecular weight excluding hydrogens is 717 g/mol. The minimum atomic E-state index is 0.710. The van der Waals surface area contributed by atoms with Gasteiger partial charge in [0.05, 0.1) is 11.4 Å². The Morgan fingerprint density at radius 3 is 1.68 bits per heavy atom. The first kappa shape index (κ1) is 32.9. The predicted molar refractivity (Wildman–Crippen MR) is 240 cm³/mol. The zero-order valence-electron chi connectivity index (χ0n) is 30.4. The average Bonchev–Trinajstić information content (AvgIpc) is 3.84. The summed E-state index contributed by atoms with van der Waals surface area (Å²) in [5, 5.41) is 3.94. The Hall–Kier alpha value is -6.46. The third-order valence-corrected chi connectivity index (χ3v) is 13.3. The molecule has 0 unspecified atom stereocenters. The second kappa shape index (κ2) is 13.7. The highest BCUT2D eigenvalue weighted by atomic mass is 32.1. The van der Waals surface area contributed by atoms with Crippen LogP contribution in [0, 0.1) is 0 Å². The summed E-state index contributed by atoms with van der Waals surface area (Å²) in [7, 11) is 0. The van der Waals surface area contributed by atoms with Crippen molar-refractivity contribution in [1.29, 1.82) is 0 Å². The molecule has 0 radical (unpaired) electrons. The molecule has 0 spiro atoms. The highest BCUT2D eigenvalue weighted by Crippen LogP contribution is 2.42. The van der Waals surface area contributed by atoms with Gasteiger partial charge in [0.1, 0.15) is 0 Å². The van der Waals surface area contributed by atoms with Crippen molar-refractivity contribution in [3.63, 3.8) is 0 Å². The highest BCUT2D eigenvalue weighted by Gasteiger charge is 2.17. The Morgan fingerprint density at radius 1 is 0.375 bits per heavy atom. The summed E-state index contributed by atoms with van der Waals surface area (Å²) in [6.07, 6.45) is 6.87. The number of allylic oxidation sites excluding steroid dienone is 1. The maximum atomic E-state index is 5.30. The molecule has 4 heteroatoms. The first-order valence-electron chi connectivity index (χ1n) is 19.1. The molecule has 3 aromatic heterocycles. The van der Waals surface area contributed by atoms with Crippen molar-refractivity contribution < 1.29 is 0 Å². The van der Waals surface area contributed by atoms with Gasteiger partial charge in [-0.2, -0.15) is 0 Å². The first-order chi connectivity index (χ1) is 27.7. The van der Waals surface area contributed by atoms with Gasteiger partial charge in [0.15, 0.2) is 5.82 Å². The van der Waals surface area contributed by atoms with E-state index in [1.807, 2.05) is 28.7 Å². The first-order valence-corrected chi connectivity index (χ1v) is 20.7. The predicted octanol–water partition coefficient (Wildman–Crippen LogP) is 15.0. The van der Waals surface area contributed by atoms with Crippen LogP contribution in [0.4, 0.5) is 0 Å². The van der Waals surface area contributed by atoms with Crippen molar-refractivity contribution in [3.8, 4) is 67.3 Å². The number of benzene rings is 7. The summed E-state index contributed by atoms with van der Waals surface area (Å²) in [5.74, 6) is 0.710. The van der Waals surface area contributed by atoms with Gasteiger partial charge in [-0.1, -0.05) is 127 Å². The minimum absolute atomic E-state index is 0.710. The summed E-state index contributed by atoms with van der Waals surface area (Å²) >= 11 is 3.79. The molecule has 0 aliphatic heterocycles. The lowest BCUT2D eigenvalue weighted by molar-refractivity contribution is 1.02. The van der Waals surface area contributed by atoms with Crippen molar-refractivity contribution in [3.05, 3.63) is 186 Å². The van der Waals surface area contributed by atoms with Crippen molar-refractivity contribution in [2.24, 2.45) is 0 Å². The fraction of sp³-hybridized carbons (Fsp3) is 0.0385. The Morgan fingerprint density at radius 2 is 0.929 bits per heavy atom. The molecule has 7 aromatic carbocycles. The van der Waals surface area contributed by atoms with Crippen LogP contribution in [0.1, 0.15) is 16.9 Å². The topological polar surface area (TPSA) is 25.8 Å². The van der Waals surface area contributed by atoms with Crippen LogP contribution in [-0.2, 0) is 6.42 Å². The average molecular weight is 751 g/mol. The van der Waals surface area contributed by atoms with Crippen LogP contribution in [0.3, 0.4) is 0 Å². The molecule has 1 aliphatic rings. The zero-order chi connectivity index (χ0) is 37.0. The smallest absolute Gasteiger partial charge is 0.160 e. The van der Waals surface area contributed by atoms with Gasteiger partial charge >= 0.3 is 0 Å². The van der Waals surface area contributed by atoms with E-state index in [2.05, 4.69) is 176 Å². The summed E-state index contributed by atoms with van der Waals surface area (Å²) in [6.45, 7) is 0. The van der Waals surface area contributed by atoms with Gasteiger partial charge in [-0.05, 0) is 106 Å². The molecule has 0 saturated heterocycles. The van der Waals surface area contributed by atoms with Gasteiger partial charge in [0, 0.05) is 51.8 Å². The summed E-state index contributed by atoms with van der Waals surface area (Å²) in [6, 6.07) is 61.4. The summed E-state index contributed by atoms with van der Waals surface area (Å²) in [4.78, 5) is 12.0. The molecule has 0 saturated carbocycles. The van der Waals surface area contributed by atoms with Crippen LogP contribution in [0.2, 0.25) is 0 Å². The van der Waals surface area contributed by atoms with Crippen LogP contribution >= 0.6 is 22.7 Å². The van der Waals surface area contributed by atoms with Gasteiger partial charge in [-0.15, -0.1) is 22.7 Å². The maximum Gasteiger partial charge on any atom is 0.160 e. The maximum absolute atomic E-state index is 5.30. The fourth-order valence-corrected chi connectivity index (χ4v) is 10.3. The van der Waals surface area contributed by atoms with Crippen molar-refractivity contribution in [1.82, 2.24) is 9.97 Å². The largest absolute Gasteiger partial charge is 0.228 e. The van der Waals surface area contributed by atoms with Crippen LogP contribution in [0.5, 0.6) is 0 Å². The van der Waals surface area contributed by atoms with Gasteiger partial charge < -0.3 is 0 Å². The number of nitrogens with zero attached hydrogens (tertiary/aromatic N) is 2. The molecule has 0 fully saturated rings. The molecule has 56 heavy (non-hydrogen) atoms.